The molecule has 0 amide bonds. The number of anilines is 2. The fourth-order valence-electron chi connectivity index (χ4n) is 2.73. The van der Waals surface area contributed by atoms with E-state index in [0.29, 0.717) is 17.3 Å². The van der Waals surface area contributed by atoms with Crippen LogP contribution in [-0.4, -0.2) is 49.2 Å². The van der Waals surface area contributed by atoms with Gasteiger partial charge in [-0.25, -0.2) is 4.79 Å². The van der Waals surface area contributed by atoms with Crippen LogP contribution in [0.3, 0.4) is 0 Å². The summed E-state index contributed by atoms with van der Waals surface area (Å²) in [7, 11) is 4.07. The maximum absolute atomic E-state index is 11.3. The van der Waals surface area contributed by atoms with E-state index in [1.54, 1.807) is 18.2 Å². The SMILES string of the molecule is CN(C)CC1CCCN1c1cc(N)ccc1C(=O)O. The molecule has 1 saturated heterocycles. The predicted octanol–water partition coefficient (Wildman–Crippen LogP) is 1.50. The Morgan fingerprint density at radius 3 is 2.89 bits per heavy atom. The van der Waals surface area contributed by atoms with Crippen molar-refractivity contribution in [1.82, 2.24) is 4.90 Å². The molecule has 1 heterocycles. The second-order valence-corrected chi connectivity index (χ2v) is 5.33. The van der Waals surface area contributed by atoms with Crippen LogP contribution < -0.4 is 10.6 Å². The number of aromatic carboxylic acids is 1. The second kappa shape index (κ2) is 5.48. The molecular weight excluding hydrogens is 242 g/mol. The molecule has 0 aromatic heterocycles. The summed E-state index contributed by atoms with van der Waals surface area (Å²) >= 11 is 0. The lowest BCUT2D eigenvalue weighted by atomic mass is 10.1. The van der Waals surface area contributed by atoms with Gasteiger partial charge in [0.1, 0.15) is 0 Å². The lowest BCUT2D eigenvalue weighted by Gasteiger charge is -2.30. The third-order valence-electron chi connectivity index (χ3n) is 3.51. The Kier molecular flexibility index (Phi) is 3.95. The Morgan fingerprint density at radius 1 is 1.53 bits per heavy atom. The number of carbonyl (C=O) groups is 1. The molecule has 0 aliphatic carbocycles. The van der Waals surface area contributed by atoms with Crippen LogP contribution in [0.15, 0.2) is 18.2 Å². The first-order valence-corrected chi connectivity index (χ1v) is 6.53. The third-order valence-corrected chi connectivity index (χ3v) is 3.51. The summed E-state index contributed by atoms with van der Waals surface area (Å²) in [5, 5.41) is 9.31. The van der Waals surface area contributed by atoms with Gasteiger partial charge in [0.25, 0.3) is 0 Å². The highest BCUT2D eigenvalue weighted by molar-refractivity contribution is 5.95. The zero-order valence-electron chi connectivity index (χ0n) is 11.5. The number of likely N-dealkylation sites (N-methyl/N-ethyl adjacent to an activating group) is 1. The minimum Gasteiger partial charge on any atom is -0.478 e. The molecule has 1 aromatic rings. The van der Waals surface area contributed by atoms with E-state index in [9.17, 15) is 9.90 Å². The number of nitrogen functional groups attached to an aromatic ring is 1. The van der Waals surface area contributed by atoms with Crippen LogP contribution in [0.1, 0.15) is 23.2 Å². The largest absolute Gasteiger partial charge is 0.478 e. The summed E-state index contributed by atoms with van der Waals surface area (Å²) in [4.78, 5) is 15.7. The van der Waals surface area contributed by atoms with Crippen LogP contribution in [0.5, 0.6) is 0 Å². The molecule has 3 N–H and O–H groups in total. The average Bonchev–Trinajstić information content (AvgIpc) is 2.75. The summed E-state index contributed by atoms with van der Waals surface area (Å²) < 4.78 is 0. The smallest absolute Gasteiger partial charge is 0.337 e. The molecule has 5 heteroatoms. The first-order chi connectivity index (χ1) is 8.99. The number of nitrogens with zero attached hydrogens (tertiary/aromatic N) is 2. The Balaban J connectivity index is 2.34. The van der Waals surface area contributed by atoms with E-state index in [0.717, 1.165) is 31.6 Å². The molecule has 1 aliphatic heterocycles. The molecule has 1 fully saturated rings. The van der Waals surface area contributed by atoms with Crippen molar-refractivity contribution in [2.24, 2.45) is 0 Å². The van der Waals surface area contributed by atoms with Crippen molar-refractivity contribution >= 4 is 17.3 Å². The molecule has 1 aliphatic rings. The molecule has 1 aromatic carbocycles. The van der Waals surface area contributed by atoms with E-state index in [1.807, 2.05) is 14.1 Å². The van der Waals surface area contributed by atoms with E-state index in [4.69, 9.17) is 5.73 Å². The third kappa shape index (κ3) is 2.98. The van der Waals surface area contributed by atoms with Crippen molar-refractivity contribution in [2.75, 3.05) is 37.8 Å². The zero-order valence-corrected chi connectivity index (χ0v) is 11.5. The molecule has 0 spiro atoms. The number of nitrogens with two attached hydrogens (primary N) is 1. The van der Waals surface area contributed by atoms with Gasteiger partial charge in [0.05, 0.1) is 11.3 Å². The van der Waals surface area contributed by atoms with Gasteiger partial charge in [-0.1, -0.05) is 0 Å². The van der Waals surface area contributed by atoms with Crippen molar-refractivity contribution in [3.05, 3.63) is 23.8 Å². The summed E-state index contributed by atoms with van der Waals surface area (Å²) in [6, 6.07) is 5.37. The molecule has 1 unspecified atom stereocenters. The zero-order chi connectivity index (χ0) is 14.0. The fraction of sp³-hybridized carbons (Fsp3) is 0.500. The highest BCUT2D eigenvalue weighted by atomic mass is 16.4. The number of hydrogen-bond acceptors (Lipinski definition) is 4. The first-order valence-electron chi connectivity index (χ1n) is 6.53. The van der Waals surface area contributed by atoms with E-state index in [2.05, 4.69) is 9.80 Å². The van der Waals surface area contributed by atoms with E-state index in [-0.39, 0.29) is 0 Å². The van der Waals surface area contributed by atoms with Gasteiger partial charge in [-0.3, -0.25) is 0 Å². The van der Waals surface area contributed by atoms with Crippen LogP contribution in [-0.2, 0) is 0 Å². The standard InChI is InChI=1S/C14H21N3O2/c1-16(2)9-11-4-3-7-17(11)13-8-10(15)5-6-12(13)14(18)19/h5-6,8,11H,3-4,7,9,15H2,1-2H3,(H,18,19). The lowest BCUT2D eigenvalue weighted by Crippen LogP contribution is -2.38. The monoisotopic (exact) mass is 263 g/mol. The van der Waals surface area contributed by atoms with E-state index < -0.39 is 5.97 Å². The highest BCUT2D eigenvalue weighted by Crippen LogP contribution is 2.30. The van der Waals surface area contributed by atoms with Gasteiger partial charge in [-0.15, -0.1) is 0 Å². The molecule has 1 atom stereocenters. The predicted molar refractivity (Wildman–Crippen MR) is 76.7 cm³/mol. The minimum absolute atomic E-state index is 0.333. The Hall–Kier alpha value is -1.75. The highest BCUT2D eigenvalue weighted by Gasteiger charge is 2.28. The summed E-state index contributed by atoms with van der Waals surface area (Å²) in [5.74, 6) is -0.898. The second-order valence-electron chi connectivity index (χ2n) is 5.33. The van der Waals surface area contributed by atoms with Crippen molar-refractivity contribution in [3.8, 4) is 0 Å². The molecule has 19 heavy (non-hydrogen) atoms. The Morgan fingerprint density at radius 2 is 2.26 bits per heavy atom. The van der Waals surface area contributed by atoms with Crippen molar-refractivity contribution in [1.29, 1.82) is 0 Å². The molecule has 5 nitrogen and oxygen atoms in total. The molecule has 0 saturated carbocycles. The Bertz CT molecular complexity index is 474. The molecule has 0 radical (unpaired) electrons. The lowest BCUT2D eigenvalue weighted by molar-refractivity contribution is 0.0697. The van der Waals surface area contributed by atoms with Gasteiger partial charge >= 0.3 is 5.97 Å². The Labute approximate surface area is 113 Å². The fourth-order valence-corrected chi connectivity index (χ4v) is 2.73. The maximum Gasteiger partial charge on any atom is 0.337 e. The van der Waals surface area contributed by atoms with Crippen molar-refractivity contribution in [2.45, 2.75) is 18.9 Å². The van der Waals surface area contributed by atoms with Crippen molar-refractivity contribution < 1.29 is 9.90 Å². The normalized spacial score (nSPS) is 19.1. The maximum atomic E-state index is 11.3. The van der Waals surface area contributed by atoms with Gasteiger partial charge in [0, 0.05) is 24.8 Å². The van der Waals surface area contributed by atoms with Crippen LogP contribution in [0.2, 0.25) is 0 Å². The van der Waals surface area contributed by atoms with Crippen LogP contribution in [0.4, 0.5) is 11.4 Å². The van der Waals surface area contributed by atoms with Gasteiger partial charge in [-0.05, 0) is 45.1 Å². The number of benzene rings is 1. The number of hydrogen-bond donors (Lipinski definition) is 2. The number of carboxylic acid groups (broad SMARTS) is 1. The summed E-state index contributed by atoms with van der Waals surface area (Å²) in [5.41, 5.74) is 7.50. The van der Waals surface area contributed by atoms with Gasteiger partial charge in [0.2, 0.25) is 0 Å². The van der Waals surface area contributed by atoms with Gasteiger partial charge in [-0.2, -0.15) is 0 Å². The quantitative estimate of drug-likeness (QED) is 0.806. The average molecular weight is 263 g/mol. The summed E-state index contributed by atoms with van der Waals surface area (Å²) in [6.45, 7) is 1.82. The van der Waals surface area contributed by atoms with E-state index in [1.165, 1.54) is 0 Å². The van der Waals surface area contributed by atoms with Crippen LogP contribution >= 0.6 is 0 Å². The molecule has 2 rings (SSSR count). The van der Waals surface area contributed by atoms with Crippen LogP contribution in [0, 0.1) is 0 Å². The van der Waals surface area contributed by atoms with Crippen LogP contribution in [0.25, 0.3) is 0 Å². The van der Waals surface area contributed by atoms with Gasteiger partial charge < -0.3 is 20.6 Å². The number of rotatable bonds is 4. The molecule has 104 valence electrons. The van der Waals surface area contributed by atoms with Crippen molar-refractivity contribution in [3.63, 3.8) is 0 Å². The minimum atomic E-state index is -0.898. The van der Waals surface area contributed by atoms with Gasteiger partial charge in [0.15, 0.2) is 0 Å². The first kappa shape index (κ1) is 13.7. The number of carboxylic acids is 1. The molecule has 0 bridgehead atoms. The topological polar surface area (TPSA) is 69.8 Å². The van der Waals surface area contributed by atoms with E-state index >= 15 is 0 Å². The molecular formula is C14H21N3O2. The summed E-state index contributed by atoms with van der Waals surface area (Å²) in [6.07, 6.45) is 2.18.